The maximum absolute atomic E-state index is 11.0. The second-order valence-electron chi connectivity index (χ2n) is 4.02. The third kappa shape index (κ3) is 2.77. The maximum atomic E-state index is 11.0. The molecule has 0 fully saturated rings. The number of nitro benzene ring substituents is 1. The van der Waals surface area contributed by atoms with Gasteiger partial charge in [0.1, 0.15) is 5.75 Å². The van der Waals surface area contributed by atoms with Gasteiger partial charge >= 0.3 is 5.69 Å². The third-order valence-electron chi connectivity index (χ3n) is 2.68. The summed E-state index contributed by atoms with van der Waals surface area (Å²) in [4.78, 5) is 14.6. The van der Waals surface area contributed by atoms with E-state index in [9.17, 15) is 10.1 Å². The number of methoxy groups -OCH3 is 1. The lowest BCUT2D eigenvalue weighted by molar-refractivity contribution is -0.385. The van der Waals surface area contributed by atoms with Gasteiger partial charge in [-0.05, 0) is 25.1 Å². The number of nitrogen functional groups attached to an aromatic ring is 1. The average Bonchev–Trinajstić information content (AvgIpc) is 2.43. The minimum atomic E-state index is -0.540. The molecule has 0 aliphatic rings. The van der Waals surface area contributed by atoms with Gasteiger partial charge in [-0.2, -0.15) is 0 Å². The number of rotatable bonds is 4. The predicted molar refractivity (Wildman–Crippen MR) is 73.1 cm³/mol. The van der Waals surface area contributed by atoms with Gasteiger partial charge in [-0.15, -0.1) is 0 Å². The topological polar surface area (TPSA) is 101 Å². The van der Waals surface area contributed by atoms with E-state index in [-0.39, 0.29) is 17.3 Å². The zero-order valence-electron chi connectivity index (χ0n) is 11.0. The monoisotopic (exact) mass is 275 g/mol. The number of aromatic nitrogens is 1. The van der Waals surface area contributed by atoms with Crippen LogP contribution in [-0.4, -0.2) is 17.0 Å². The summed E-state index contributed by atoms with van der Waals surface area (Å²) in [5, 5.41) is 11.0. The summed E-state index contributed by atoms with van der Waals surface area (Å²) >= 11 is 0. The van der Waals surface area contributed by atoms with Crippen LogP contribution in [0.3, 0.4) is 0 Å². The van der Waals surface area contributed by atoms with Gasteiger partial charge in [-0.3, -0.25) is 10.1 Å². The van der Waals surface area contributed by atoms with Gasteiger partial charge in [0.15, 0.2) is 0 Å². The van der Waals surface area contributed by atoms with E-state index in [1.54, 1.807) is 25.1 Å². The fourth-order valence-electron chi connectivity index (χ4n) is 1.57. The highest BCUT2D eigenvalue weighted by molar-refractivity contribution is 5.52. The highest BCUT2D eigenvalue weighted by Crippen LogP contribution is 2.34. The van der Waals surface area contributed by atoms with Crippen molar-refractivity contribution in [1.82, 2.24) is 4.98 Å². The standard InChI is InChI=1S/C13H13N3O4/c1-8-10(14)4-6-13(15-8)20-12-5-3-9(19-2)7-11(12)16(17)18/h3-7H,14H2,1-2H3. The minimum Gasteiger partial charge on any atom is -0.496 e. The average molecular weight is 275 g/mol. The molecule has 0 saturated carbocycles. The Balaban J connectivity index is 2.37. The van der Waals surface area contributed by atoms with Gasteiger partial charge in [0.05, 0.1) is 29.5 Å². The lowest BCUT2D eigenvalue weighted by Crippen LogP contribution is -1.98. The van der Waals surface area contributed by atoms with Crippen LogP contribution in [0.1, 0.15) is 5.69 Å². The SMILES string of the molecule is COc1ccc(Oc2ccc(N)c(C)n2)c([N+](=O)[O-])c1. The van der Waals surface area contributed by atoms with Crippen molar-refractivity contribution in [2.24, 2.45) is 0 Å². The quantitative estimate of drug-likeness (QED) is 0.680. The molecular weight excluding hydrogens is 262 g/mol. The first-order valence-electron chi connectivity index (χ1n) is 5.74. The van der Waals surface area contributed by atoms with E-state index < -0.39 is 4.92 Å². The Bertz CT molecular complexity index is 658. The van der Waals surface area contributed by atoms with Crippen LogP contribution in [0.25, 0.3) is 0 Å². The summed E-state index contributed by atoms with van der Waals surface area (Å²) in [7, 11) is 1.43. The van der Waals surface area contributed by atoms with Crippen molar-refractivity contribution in [3.63, 3.8) is 0 Å². The van der Waals surface area contributed by atoms with Crippen LogP contribution in [0.2, 0.25) is 0 Å². The molecule has 7 heteroatoms. The molecule has 0 amide bonds. The number of ether oxygens (including phenoxy) is 2. The molecular formula is C13H13N3O4. The summed E-state index contributed by atoms with van der Waals surface area (Å²) < 4.78 is 10.4. The number of anilines is 1. The van der Waals surface area contributed by atoms with Gasteiger partial charge in [-0.1, -0.05) is 0 Å². The fourth-order valence-corrected chi connectivity index (χ4v) is 1.57. The lowest BCUT2D eigenvalue weighted by Gasteiger charge is -2.08. The Kier molecular flexibility index (Phi) is 3.69. The molecule has 7 nitrogen and oxygen atoms in total. The van der Waals surface area contributed by atoms with Crippen LogP contribution >= 0.6 is 0 Å². The van der Waals surface area contributed by atoms with Crippen LogP contribution < -0.4 is 15.2 Å². The molecule has 0 unspecified atom stereocenters. The maximum Gasteiger partial charge on any atom is 0.315 e. The minimum absolute atomic E-state index is 0.0903. The van der Waals surface area contributed by atoms with Gasteiger partial charge in [0.2, 0.25) is 11.6 Å². The van der Waals surface area contributed by atoms with E-state index in [0.29, 0.717) is 17.1 Å². The van der Waals surface area contributed by atoms with Crippen LogP contribution in [0.4, 0.5) is 11.4 Å². The molecule has 2 rings (SSSR count). The number of nitro groups is 1. The first-order chi connectivity index (χ1) is 9.51. The molecule has 0 atom stereocenters. The van der Waals surface area contributed by atoms with Crippen LogP contribution in [0, 0.1) is 17.0 Å². The Morgan fingerprint density at radius 1 is 1.30 bits per heavy atom. The van der Waals surface area contributed by atoms with Crippen molar-refractivity contribution in [1.29, 1.82) is 0 Å². The summed E-state index contributed by atoms with van der Waals surface area (Å²) in [6, 6.07) is 7.51. The zero-order valence-corrected chi connectivity index (χ0v) is 11.0. The molecule has 1 heterocycles. The Morgan fingerprint density at radius 2 is 2.05 bits per heavy atom. The van der Waals surface area contributed by atoms with Crippen molar-refractivity contribution in [2.45, 2.75) is 6.92 Å². The number of benzene rings is 1. The van der Waals surface area contributed by atoms with Crippen molar-refractivity contribution < 1.29 is 14.4 Å². The van der Waals surface area contributed by atoms with Crippen LogP contribution in [0.5, 0.6) is 17.4 Å². The highest BCUT2D eigenvalue weighted by atomic mass is 16.6. The largest absolute Gasteiger partial charge is 0.496 e. The molecule has 1 aromatic heterocycles. The van der Waals surface area contributed by atoms with Crippen LogP contribution in [-0.2, 0) is 0 Å². The van der Waals surface area contributed by atoms with E-state index in [1.807, 2.05) is 0 Å². The Labute approximate surface area is 115 Å². The molecule has 1 aromatic carbocycles. The van der Waals surface area contributed by atoms with Gasteiger partial charge in [0.25, 0.3) is 0 Å². The molecule has 20 heavy (non-hydrogen) atoms. The van der Waals surface area contributed by atoms with Crippen LogP contribution in [0.15, 0.2) is 30.3 Å². The van der Waals surface area contributed by atoms with Crippen molar-refractivity contribution in [3.8, 4) is 17.4 Å². The third-order valence-corrected chi connectivity index (χ3v) is 2.68. The number of pyridine rings is 1. The van der Waals surface area contributed by atoms with Gasteiger partial charge in [-0.25, -0.2) is 4.98 Å². The van der Waals surface area contributed by atoms with E-state index in [0.717, 1.165) is 0 Å². The molecule has 0 aliphatic carbocycles. The molecule has 0 saturated heterocycles. The Morgan fingerprint density at radius 3 is 2.65 bits per heavy atom. The first-order valence-corrected chi connectivity index (χ1v) is 5.74. The highest BCUT2D eigenvalue weighted by Gasteiger charge is 2.17. The van der Waals surface area contributed by atoms with E-state index in [1.165, 1.54) is 19.2 Å². The van der Waals surface area contributed by atoms with E-state index >= 15 is 0 Å². The summed E-state index contributed by atoms with van der Waals surface area (Å²) in [6.07, 6.45) is 0. The van der Waals surface area contributed by atoms with Gasteiger partial charge in [0, 0.05) is 6.07 Å². The molecule has 0 radical (unpaired) electrons. The molecule has 104 valence electrons. The Hall–Kier alpha value is -2.83. The van der Waals surface area contributed by atoms with E-state index in [4.69, 9.17) is 15.2 Å². The first kappa shape index (κ1) is 13.6. The number of hydrogen-bond acceptors (Lipinski definition) is 6. The molecule has 0 spiro atoms. The number of hydrogen-bond donors (Lipinski definition) is 1. The number of nitrogens with zero attached hydrogens (tertiary/aromatic N) is 2. The zero-order chi connectivity index (χ0) is 14.7. The number of nitrogens with two attached hydrogens (primary N) is 1. The fraction of sp³-hybridized carbons (Fsp3) is 0.154. The predicted octanol–water partition coefficient (Wildman–Crippen LogP) is 2.68. The lowest BCUT2D eigenvalue weighted by atomic mass is 10.3. The number of aryl methyl sites for hydroxylation is 1. The molecule has 2 aromatic rings. The molecule has 2 N–H and O–H groups in total. The van der Waals surface area contributed by atoms with Crippen molar-refractivity contribution in [2.75, 3.05) is 12.8 Å². The molecule has 0 bridgehead atoms. The van der Waals surface area contributed by atoms with Crippen molar-refractivity contribution in [3.05, 3.63) is 46.1 Å². The summed E-state index contributed by atoms with van der Waals surface area (Å²) in [6.45, 7) is 1.73. The van der Waals surface area contributed by atoms with E-state index in [2.05, 4.69) is 4.98 Å². The second kappa shape index (κ2) is 5.43. The van der Waals surface area contributed by atoms with Gasteiger partial charge < -0.3 is 15.2 Å². The van der Waals surface area contributed by atoms with Crippen molar-refractivity contribution >= 4 is 11.4 Å². The summed E-state index contributed by atoms with van der Waals surface area (Å²) in [5.41, 5.74) is 6.59. The second-order valence-corrected chi connectivity index (χ2v) is 4.02. The summed E-state index contributed by atoms with van der Waals surface area (Å²) in [5.74, 6) is 0.711. The molecule has 0 aliphatic heterocycles. The normalized spacial score (nSPS) is 10.1. The smallest absolute Gasteiger partial charge is 0.315 e.